The maximum absolute atomic E-state index is 10.3. The number of rotatable bonds is 3. The number of ether oxygens (including phenoxy) is 1. The van der Waals surface area contributed by atoms with Gasteiger partial charge in [-0.15, -0.1) is 0 Å². The number of aliphatic hydroxyl groups excluding tert-OH is 1. The first-order valence-electron chi connectivity index (χ1n) is 12.8. The minimum atomic E-state index is -0.136. The van der Waals surface area contributed by atoms with Crippen molar-refractivity contribution in [3.05, 3.63) is 41.8 Å². The molecule has 3 saturated carbocycles. The van der Waals surface area contributed by atoms with Crippen LogP contribution in [0, 0.1) is 28.6 Å². The zero-order chi connectivity index (χ0) is 22.8. The van der Waals surface area contributed by atoms with Crippen LogP contribution in [-0.4, -0.2) is 28.5 Å². The topological polar surface area (TPSA) is 68.4 Å². The summed E-state index contributed by atoms with van der Waals surface area (Å²) in [6.45, 7) is 4.99. The molecule has 0 saturated heterocycles. The highest BCUT2D eigenvalue weighted by atomic mass is 16.5. The highest BCUT2D eigenvalue weighted by molar-refractivity contribution is 5.55. The number of benzene rings is 1. The molecule has 4 aliphatic carbocycles. The summed E-state index contributed by atoms with van der Waals surface area (Å²) in [5.74, 6) is 4.86. The normalized spacial score (nSPS) is 39.9. The molecule has 3 fully saturated rings. The van der Waals surface area contributed by atoms with Crippen LogP contribution in [-0.2, 0) is 0 Å². The van der Waals surface area contributed by atoms with Crippen molar-refractivity contribution in [1.29, 1.82) is 0 Å². The fraction of sp³-hybridized carbons (Fsp3) is 0.643. The zero-order valence-corrected chi connectivity index (χ0v) is 20.1. The largest absolute Gasteiger partial charge is 0.497 e. The molecule has 1 aromatic carbocycles. The summed E-state index contributed by atoms with van der Waals surface area (Å²) in [6.07, 6.45) is 11.4. The number of hydrogen-bond donors (Lipinski definition) is 1. The molecule has 7 atom stereocenters. The van der Waals surface area contributed by atoms with E-state index in [0.29, 0.717) is 17.7 Å². The summed E-state index contributed by atoms with van der Waals surface area (Å²) in [7, 11) is 1.67. The lowest BCUT2D eigenvalue weighted by Crippen LogP contribution is -2.50. The number of allylic oxidation sites excluding steroid dienone is 1. The molecule has 1 heterocycles. The molecule has 1 N–H and O–H groups in total. The third-order valence-electron chi connectivity index (χ3n) is 10.2. The van der Waals surface area contributed by atoms with Crippen molar-refractivity contribution in [3.63, 3.8) is 0 Å². The van der Waals surface area contributed by atoms with Gasteiger partial charge in [-0.05, 0) is 104 Å². The fourth-order valence-corrected chi connectivity index (χ4v) is 8.28. The highest BCUT2D eigenvalue weighted by Gasteiger charge is 2.59. The van der Waals surface area contributed by atoms with Crippen molar-refractivity contribution in [1.82, 2.24) is 10.1 Å². The minimum absolute atomic E-state index is 0.136. The average Bonchev–Trinajstić information content (AvgIpc) is 3.44. The summed E-state index contributed by atoms with van der Waals surface area (Å²) >= 11 is 0. The average molecular weight is 449 g/mol. The molecule has 0 aliphatic heterocycles. The Morgan fingerprint density at radius 1 is 1.03 bits per heavy atom. The van der Waals surface area contributed by atoms with E-state index in [0.717, 1.165) is 54.7 Å². The van der Waals surface area contributed by atoms with Gasteiger partial charge in [0.1, 0.15) is 5.75 Å². The molecular weight excluding hydrogens is 412 g/mol. The van der Waals surface area contributed by atoms with Gasteiger partial charge in [-0.3, -0.25) is 0 Å². The summed E-state index contributed by atoms with van der Waals surface area (Å²) in [4.78, 5) is 4.89. The number of hydrogen-bond acceptors (Lipinski definition) is 5. The molecule has 5 heteroatoms. The summed E-state index contributed by atoms with van der Waals surface area (Å²) in [5, 5.41) is 14.6. The minimum Gasteiger partial charge on any atom is -0.497 e. The van der Waals surface area contributed by atoms with Gasteiger partial charge < -0.3 is 14.4 Å². The Morgan fingerprint density at radius 2 is 1.85 bits per heavy atom. The Labute approximate surface area is 196 Å². The first-order valence-corrected chi connectivity index (χ1v) is 12.8. The second-order valence-corrected chi connectivity index (χ2v) is 11.5. The lowest BCUT2D eigenvalue weighted by Gasteiger charge is -2.57. The Kier molecular flexibility index (Phi) is 4.99. The summed E-state index contributed by atoms with van der Waals surface area (Å²) < 4.78 is 11.2. The Balaban J connectivity index is 1.26. The molecule has 176 valence electrons. The monoisotopic (exact) mass is 448 g/mol. The van der Waals surface area contributed by atoms with Gasteiger partial charge in [0.15, 0.2) is 0 Å². The van der Waals surface area contributed by atoms with E-state index in [-0.39, 0.29) is 16.9 Å². The zero-order valence-electron chi connectivity index (χ0n) is 20.1. The van der Waals surface area contributed by atoms with Crippen LogP contribution in [0.5, 0.6) is 5.75 Å². The quantitative estimate of drug-likeness (QED) is 0.570. The van der Waals surface area contributed by atoms with Crippen LogP contribution in [0.3, 0.4) is 0 Å². The first-order chi connectivity index (χ1) is 15.9. The number of methoxy groups -OCH3 is 1. The smallest absolute Gasteiger partial charge is 0.230 e. The molecule has 0 amide bonds. The third-order valence-corrected chi connectivity index (χ3v) is 10.2. The highest BCUT2D eigenvalue weighted by Crippen LogP contribution is 2.67. The molecule has 0 radical (unpaired) electrons. The Hall–Kier alpha value is -2.14. The molecule has 1 aromatic heterocycles. The molecule has 2 aromatic rings. The van der Waals surface area contributed by atoms with Crippen molar-refractivity contribution >= 4 is 0 Å². The van der Waals surface area contributed by atoms with Gasteiger partial charge >= 0.3 is 0 Å². The van der Waals surface area contributed by atoms with Gasteiger partial charge in [0.2, 0.25) is 11.7 Å². The number of fused-ring (bicyclic) bond motifs is 5. The van der Waals surface area contributed by atoms with E-state index >= 15 is 0 Å². The predicted molar refractivity (Wildman–Crippen MR) is 127 cm³/mol. The molecule has 0 unspecified atom stereocenters. The van der Waals surface area contributed by atoms with Crippen molar-refractivity contribution in [2.75, 3.05) is 7.11 Å². The van der Waals surface area contributed by atoms with Crippen molar-refractivity contribution in [2.24, 2.45) is 28.6 Å². The van der Waals surface area contributed by atoms with Gasteiger partial charge in [0, 0.05) is 11.5 Å². The maximum atomic E-state index is 10.3. The summed E-state index contributed by atoms with van der Waals surface area (Å²) in [6, 6.07) is 7.86. The SMILES string of the molecule is COc1ccc(-c2noc([C@H]3CC[C@H]4[C@@H]5CC=C6C[C@@H](O)CC[C@]6(C)[C@H]5CC[C@]34C)n2)cc1. The van der Waals surface area contributed by atoms with E-state index in [4.69, 9.17) is 14.2 Å². The molecule has 0 spiro atoms. The number of nitrogens with zero attached hydrogens (tertiary/aromatic N) is 2. The second-order valence-electron chi connectivity index (χ2n) is 11.5. The summed E-state index contributed by atoms with van der Waals surface area (Å²) in [5.41, 5.74) is 3.02. The van der Waals surface area contributed by atoms with Gasteiger partial charge in [-0.2, -0.15) is 4.98 Å². The van der Waals surface area contributed by atoms with Crippen molar-refractivity contribution in [3.8, 4) is 17.1 Å². The van der Waals surface area contributed by atoms with Crippen LogP contribution >= 0.6 is 0 Å². The second kappa shape index (κ2) is 7.69. The van der Waals surface area contributed by atoms with Gasteiger partial charge in [0.05, 0.1) is 13.2 Å². The lowest BCUT2D eigenvalue weighted by atomic mass is 9.47. The fourth-order valence-electron chi connectivity index (χ4n) is 8.28. The van der Waals surface area contributed by atoms with E-state index in [1.54, 1.807) is 12.7 Å². The van der Waals surface area contributed by atoms with E-state index in [9.17, 15) is 5.11 Å². The molecular formula is C28H36N2O3. The van der Waals surface area contributed by atoms with Gasteiger partial charge in [-0.1, -0.05) is 30.7 Å². The van der Waals surface area contributed by atoms with Gasteiger partial charge in [-0.25, -0.2) is 0 Å². The molecule has 4 aliphatic rings. The van der Waals surface area contributed by atoms with Crippen molar-refractivity contribution < 1.29 is 14.4 Å². The standard InChI is InChI=1S/C28H36N2O3/c1-27-14-12-19(31)16-18(27)6-9-21-22-10-11-24(28(22,2)15-13-23(21)27)26-29-25(30-33-26)17-4-7-20(32-3)8-5-17/h4-8,19,21-24,31H,9-16H2,1-3H3/t19-,21-,22-,23-,24+,27-,28-/m0/s1. The van der Waals surface area contributed by atoms with E-state index in [1.807, 2.05) is 24.3 Å². The molecule has 6 rings (SSSR count). The molecule has 33 heavy (non-hydrogen) atoms. The maximum Gasteiger partial charge on any atom is 0.230 e. The van der Waals surface area contributed by atoms with Crippen LogP contribution in [0.4, 0.5) is 0 Å². The number of aliphatic hydroxyl groups is 1. The molecule has 0 bridgehead atoms. The van der Waals surface area contributed by atoms with E-state index < -0.39 is 0 Å². The van der Waals surface area contributed by atoms with Crippen LogP contribution in [0.25, 0.3) is 11.4 Å². The Bertz CT molecular complexity index is 1060. The van der Waals surface area contributed by atoms with Crippen LogP contribution in [0.15, 0.2) is 40.4 Å². The lowest BCUT2D eigenvalue weighted by molar-refractivity contribution is -0.0432. The van der Waals surface area contributed by atoms with Crippen LogP contribution in [0.1, 0.15) is 77.0 Å². The van der Waals surface area contributed by atoms with Gasteiger partial charge in [0.25, 0.3) is 0 Å². The van der Waals surface area contributed by atoms with E-state index in [1.165, 1.54) is 25.7 Å². The predicted octanol–water partition coefficient (Wildman–Crippen LogP) is 6.15. The third kappa shape index (κ3) is 3.22. The first kappa shape index (κ1) is 21.4. The van der Waals surface area contributed by atoms with E-state index in [2.05, 4.69) is 25.1 Å². The Morgan fingerprint density at radius 3 is 2.64 bits per heavy atom. The van der Waals surface area contributed by atoms with Crippen LogP contribution < -0.4 is 4.74 Å². The molecule has 5 nitrogen and oxygen atoms in total. The van der Waals surface area contributed by atoms with Crippen molar-refractivity contribution in [2.45, 2.75) is 77.2 Å². The van der Waals surface area contributed by atoms with Crippen LogP contribution in [0.2, 0.25) is 0 Å². The number of aromatic nitrogens is 2.